The Morgan fingerprint density at radius 3 is 2.61 bits per heavy atom. The highest BCUT2D eigenvalue weighted by Crippen LogP contribution is 2.30. The van der Waals surface area contributed by atoms with E-state index in [1.165, 1.54) is 0 Å². The number of nitrogen functional groups attached to an aromatic ring is 1. The fraction of sp³-hybridized carbons (Fsp3) is 0. The summed E-state index contributed by atoms with van der Waals surface area (Å²) in [5, 5.41) is 0.969. The third kappa shape index (κ3) is 1.92. The Hall–Kier alpha value is -1.71. The molecule has 3 aromatic rings. The van der Waals surface area contributed by atoms with Crippen LogP contribution in [0.5, 0.6) is 0 Å². The van der Waals surface area contributed by atoms with Crippen molar-refractivity contribution < 1.29 is 4.42 Å². The van der Waals surface area contributed by atoms with Gasteiger partial charge in [-0.1, -0.05) is 23.2 Å². The molecular formula is C13H8Cl2N2O. The Morgan fingerprint density at radius 2 is 1.83 bits per heavy atom. The summed E-state index contributed by atoms with van der Waals surface area (Å²) in [5.74, 6) is 0.495. The van der Waals surface area contributed by atoms with Crippen LogP contribution in [0.2, 0.25) is 10.0 Å². The van der Waals surface area contributed by atoms with E-state index in [4.69, 9.17) is 33.4 Å². The summed E-state index contributed by atoms with van der Waals surface area (Å²) in [4.78, 5) is 4.37. The molecule has 2 N–H and O–H groups in total. The Kier molecular flexibility index (Phi) is 2.65. The third-order valence-corrected chi connectivity index (χ3v) is 3.32. The van der Waals surface area contributed by atoms with E-state index in [1.54, 1.807) is 30.3 Å². The molecule has 0 saturated heterocycles. The standard InChI is InChI=1S/C13H8Cl2N2O/c14-9-3-1-7(5-10(9)15)13-17-11-6-8(16)2-4-12(11)18-13/h1-6H,16H2. The molecule has 0 aliphatic rings. The van der Waals surface area contributed by atoms with Crippen molar-refractivity contribution in [1.29, 1.82) is 0 Å². The Bertz CT molecular complexity index is 737. The molecule has 0 aliphatic heterocycles. The van der Waals surface area contributed by atoms with Gasteiger partial charge in [-0.05, 0) is 36.4 Å². The maximum absolute atomic E-state index is 5.97. The number of nitrogens with two attached hydrogens (primary N) is 1. The largest absolute Gasteiger partial charge is 0.436 e. The van der Waals surface area contributed by atoms with E-state index in [0.717, 1.165) is 11.1 Å². The van der Waals surface area contributed by atoms with E-state index >= 15 is 0 Å². The molecule has 0 spiro atoms. The normalized spacial score (nSPS) is 11.0. The number of aromatic nitrogens is 1. The second-order valence-electron chi connectivity index (χ2n) is 3.88. The minimum atomic E-state index is 0.468. The lowest BCUT2D eigenvalue weighted by Crippen LogP contribution is -1.82. The van der Waals surface area contributed by atoms with Crippen molar-refractivity contribution in [2.45, 2.75) is 0 Å². The molecule has 2 aromatic carbocycles. The second kappa shape index (κ2) is 4.19. The minimum Gasteiger partial charge on any atom is -0.436 e. The average molecular weight is 279 g/mol. The second-order valence-corrected chi connectivity index (χ2v) is 4.69. The van der Waals surface area contributed by atoms with E-state index < -0.39 is 0 Å². The van der Waals surface area contributed by atoms with E-state index in [0.29, 0.717) is 27.2 Å². The molecular weight excluding hydrogens is 271 g/mol. The van der Waals surface area contributed by atoms with Gasteiger partial charge in [-0.15, -0.1) is 0 Å². The summed E-state index contributed by atoms with van der Waals surface area (Å²) in [7, 11) is 0. The van der Waals surface area contributed by atoms with Crippen molar-refractivity contribution in [2.24, 2.45) is 0 Å². The summed E-state index contributed by atoms with van der Waals surface area (Å²) < 4.78 is 5.64. The SMILES string of the molecule is Nc1ccc2oc(-c3ccc(Cl)c(Cl)c3)nc2c1. The zero-order valence-corrected chi connectivity index (χ0v) is 10.7. The van der Waals surface area contributed by atoms with E-state index in [2.05, 4.69) is 4.98 Å². The zero-order chi connectivity index (χ0) is 12.7. The molecule has 0 aliphatic carbocycles. The number of rotatable bonds is 1. The summed E-state index contributed by atoms with van der Waals surface area (Å²) in [6.07, 6.45) is 0. The maximum Gasteiger partial charge on any atom is 0.227 e. The van der Waals surface area contributed by atoms with Crippen molar-refractivity contribution in [1.82, 2.24) is 4.98 Å². The van der Waals surface area contributed by atoms with E-state index in [-0.39, 0.29) is 0 Å². The lowest BCUT2D eigenvalue weighted by molar-refractivity contribution is 0.620. The third-order valence-electron chi connectivity index (χ3n) is 2.58. The van der Waals surface area contributed by atoms with Gasteiger partial charge >= 0.3 is 0 Å². The predicted molar refractivity (Wildman–Crippen MR) is 73.9 cm³/mol. The Morgan fingerprint density at radius 1 is 1.00 bits per heavy atom. The highest BCUT2D eigenvalue weighted by molar-refractivity contribution is 6.42. The van der Waals surface area contributed by atoms with Crippen LogP contribution in [-0.4, -0.2) is 4.98 Å². The fourth-order valence-electron chi connectivity index (χ4n) is 1.70. The molecule has 3 rings (SSSR count). The van der Waals surface area contributed by atoms with E-state index in [9.17, 15) is 0 Å². The van der Waals surface area contributed by atoms with Crippen LogP contribution >= 0.6 is 23.2 Å². The molecule has 0 saturated carbocycles. The number of fused-ring (bicyclic) bond motifs is 1. The number of hydrogen-bond donors (Lipinski definition) is 1. The van der Waals surface area contributed by atoms with Crippen LogP contribution in [0, 0.1) is 0 Å². The molecule has 0 amide bonds. The summed E-state index contributed by atoms with van der Waals surface area (Å²) in [6, 6.07) is 10.6. The van der Waals surface area contributed by atoms with Crippen molar-refractivity contribution >= 4 is 40.0 Å². The van der Waals surface area contributed by atoms with Crippen LogP contribution in [0.3, 0.4) is 0 Å². The highest BCUT2D eigenvalue weighted by atomic mass is 35.5. The van der Waals surface area contributed by atoms with Gasteiger partial charge in [0.1, 0.15) is 5.52 Å². The van der Waals surface area contributed by atoms with Crippen LogP contribution in [0.4, 0.5) is 5.69 Å². The molecule has 5 heteroatoms. The molecule has 3 nitrogen and oxygen atoms in total. The number of benzene rings is 2. The first kappa shape index (κ1) is 11.4. The van der Waals surface area contributed by atoms with Crippen molar-refractivity contribution in [3.8, 4) is 11.5 Å². The lowest BCUT2D eigenvalue weighted by atomic mass is 10.2. The monoisotopic (exact) mass is 278 g/mol. The average Bonchev–Trinajstić information content (AvgIpc) is 2.75. The number of nitrogens with zero attached hydrogens (tertiary/aromatic N) is 1. The summed E-state index contributed by atoms with van der Waals surface area (Å²) >= 11 is 11.8. The number of anilines is 1. The lowest BCUT2D eigenvalue weighted by Gasteiger charge is -1.97. The van der Waals surface area contributed by atoms with E-state index in [1.807, 2.05) is 6.07 Å². The van der Waals surface area contributed by atoms with Gasteiger partial charge in [-0.2, -0.15) is 0 Å². The van der Waals surface area contributed by atoms with Crippen molar-refractivity contribution in [3.63, 3.8) is 0 Å². The fourth-order valence-corrected chi connectivity index (χ4v) is 2.00. The van der Waals surface area contributed by atoms with Gasteiger partial charge in [0.05, 0.1) is 10.0 Å². The van der Waals surface area contributed by atoms with Crippen LogP contribution in [-0.2, 0) is 0 Å². The van der Waals surface area contributed by atoms with Gasteiger partial charge in [-0.25, -0.2) is 4.98 Å². The quantitative estimate of drug-likeness (QED) is 0.672. The van der Waals surface area contributed by atoms with Gasteiger partial charge in [-0.3, -0.25) is 0 Å². The minimum absolute atomic E-state index is 0.468. The molecule has 0 atom stereocenters. The van der Waals surface area contributed by atoms with Gasteiger partial charge < -0.3 is 10.2 Å². The van der Waals surface area contributed by atoms with Crippen LogP contribution in [0.1, 0.15) is 0 Å². The summed E-state index contributed by atoms with van der Waals surface area (Å²) in [5.41, 5.74) is 8.53. The Balaban J connectivity index is 2.16. The topological polar surface area (TPSA) is 52.0 Å². The van der Waals surface area contributed by atoms with Gasteiger partial charge in [0.25, 0.3) is 0 Å². The number of oxazole rings is 1. The van der Waals surface area contributed by atoms with Gasteiger partial charge in [0.2, 0.25) is 5.89 Å². The molecule has 0 bridgehead atoms. The molecule has 90 valence electrons. The molecule has 0 fully saturated rings. The van der Waals surface area contributed by atoms with Crippen molar-refractivity contribution in [2.75, 3.05) is 5.73 Å². The number of hydrogen-bond acceptors (Lipinski definition) is 3. The highest BCUT2D eigenvalue weighted by Gasteiger charge is 2.09. The van der Waals surface area contributed by atoms with Gasteiger partial charge in [0, 0.05) is 11.3 Å². The molecule has 1 heterocycles. The van der Waals surface area contributed by atoms with Crippen molar-refractivity contribution in [3.05, 3.63) is 46.4 Å². The molecule has 18 heavy (non-hydrogen) atoms. The smallest absolute Gasteiger partial charge is 0.227 e. The Labute approximate surface area is 113 Å². The van der Waals surface area contributed by atoms with Gasteiger partial charge in [0.15, 0.2) is 5.58 Å². The predicted octanol–water partition coefficient (Wildman–Crippen LogP) is 4.38. The first-order chi connectivity index (χ1) is 8.63. The molecule has 0 radical (unpaired) electrons. The maximum atomic E-state index is 5.97. The first-order valence-corrected chi connectivity index (χ1v) is 6.00. The van der Waals surface area contributed by atoms with Crippen LogP contribution in [0.25, 0.3) is 22.6 Å². The first-order valence-electron chi connectivity index (χ1n) is 5.25. The summed E-state index contributed by atoms with van der Waals surface area (Å²) in [6.45, 7) is 0. The zero-order valence-electron chi connectivity index (χ0n) is 9.15. The van der Waals surface area contributed by atoms with Crippen LogP contribution in [0.15, 0.2) is 40.8 Å². The molecule has 0 unspecified atom stereocenters. The number of halogens is 2. The molecule has 1 aromatic heterocycles. The van der Waals surface area contributed by atoms with Crippen LogP contribution < -0.4 is 5.73 Å².